The molecular formula is C19H16BrN5O5S. The van der Waals surface area contributed by atoms with Gasteiger partial charge in [-0.3, -0.25) is 15.1 Å². The number of nitrogens with one attached hydrogen (secondary N) is 1. The third-order valence-electron chi connectivity index (χ3n) is 3.99. The molecule has 0 aliphatic carbocycles. The first-order valence-electron chi connectivity index (χ1n) is 8.71. The fourth-order valence-electron chi connectivity index (χ4n) is 2.65. The molecule has 0 amide bonds. The average molecular weight is 506 g/mol. The fourth-order valence-corrected chi connectivity index (χ4v) is 4.06. The van der Waals surface area contributed by atoms with E-state index in [1.54, 1.807) is 19.9 Å². The lowest BCUT2D eigenvalue weighted by atomic mass is 10.2. The van der Waals surface area contributed by atoms with Gasteiger partial charge in [-0.25, -0.2) is 23.1 Å². The first-order valence-corrected chi connectivity index (χ1v) is 11.0. The number of hydrogen-bond acceptors (Lipinski definition) is 8. The molecule has 0 saturated carbocycles. The predicted octanol–water partition coefficient (Wildman–Crippen LogP) is 4.02. The molecule has 0 fully saturated rings. The summed E-state index contributed by atoms with van der Waals surface area (Å²) in [4.78, 5) is 22.5. The lowest BCUT2D eigenvalue weighted by Crippen LogP contribution is -2.15. The molecule has 0 bridgehead atoms. The van der Waals surface area contributed by atoms with E-state index < -0.39 is 26.4 Å². The van der Waals surface area contributed by atoms with E-state index in [4.69, 9.17) is 0 Å². The van der Waals surface area contributed by atoms with Crippen molar-refractivity contribution >= 4 is 49.5 Å². The monoisotopic (exact) mass is 505 g/mol. The maximum Gasteiger partial charge on any atom is 0.312 e. The van der Waals surface area contributed by atoms with Gasteiger partial charge in [0.1, 0.15) is 0 Å². The third kappa shape index (κ3) is 5.41. The molecule has 12 heteroatoms. The molecule has 1 heterocycles. The van der Waals surface area contributed by atoms with Crippen LogP contribution < -0.4 is 4.72 Å². The predicted molar refractivity (Wildman–Crippen MR) is 118 cm³/mol. The van der Waals surface area contributed by atoms with Gasteiger partial charge in [0.05, 0.1) is 15.5 Å². The number of phenols is 1. The Labute approximate surface area is 186 Å². The van der Waals surface area contributed by atoms with Gasteiger partial charge in [0.15, 0.2) is 0 Å². The highest BCUT2D eigenvalue weighted by atomic mass is 79.9. The standard InChI is InChI=1S/C19H16BrN5O5S/c1-11-7-12(2)23-19(22-11)24-31(29,30)16-5-3-15(4-6-16)21-10-13-8-14(20)9-17(18(13)26)25(27)28/h3-10,26H,1-2H3,(H,22,23,24). The Hall–Kier alpha value is -3.38. The number of halogens is 1. The first-order chi connectivity index (χ1) is 14.5. The van der Waals surface area contributed by atoms with Crippen LogP contribution in [0.5, 0.6) is 5.75 Å². The largest absolute Gasteiger partial charge is 0.502 e. The Bertz CT molecular complexity index is 1270. The van der Waals surface area contributed by atoms with Gasteiger partial charge in [0.2, 0.25) is 11.7 Å². The summed E-state index contributed by atoms with van der Waals surface area (Å²) in [6.45, 7) is 3.47. The zero-order chi connectivity index (χ0) is 22.8. The Morgan fingerprint density at radius 3 is 2.32 bits per heavy atom. The van der Waals surface area contributed by atoms with Crippen LogP contribution in [0.25, 0.3) is 0 Å². The van der Waals surface area contributed by atoms with Gasteiger partial charge in [-0.15, -0.1) is 0 Å². The lowest BCUT2D eigenvalue weighted by molar-refractivity contribution is -0.385. The van der Waals surface area contributed by atoms with Crippen LogP contribution in [-0.2, 0) is 10.0 Å². The molecule has 3 aromatic rings. The van der Waals surface area contributed by atoms with Gasteiger partial charge in [0.25, 0.3) is 10.0 Å². The van der Waals surface area contributed by atoms with Gasteiger partial charge in [-0.1, -0.05) is 15.9 Å². The number of aromatic hydroxyl groups is 1. The van der Waals surface area contributed by atoms with Crippen molar-refractivity contribution in [2.75, 3.05) is 4.72 Å². The van der Waals surface area contributed by atoms with Crippen LogP contribution in [0.2, 0.25) is 0 Å². The molecule has 2 aromatic carbocycles. The number of phenolic OH excluding ortho intramolecular Hbond substituents is 1. The van der Waals surface area contributed by atoms with Crippen LogP contribution in [0.4, 0.5) is 17.3 Å². The number of rotatable bonds is 6. The van der Waals surface area contributed by atoms with Gasteiger partial charge in [-0.2, -0.15) is 0 Å². The summed E-state index contributed by atoms with van der Waals surface area (Å²) >= 11 is 3.15. The number of aromatic nitrogens is 2. The van der Waals surface area contributed by atoms with E-state index >= 15 is 0 Å². The van der Waals surface area contributed by atoms with E-state index in [1.165, 1.54) is 42.6 Å². The number of anilines is 1. The molecule has 31 heavy (non-hydrogen) atoms. The molecule has 0 aliphatic heterocycles. The first kappa shape index (κ1) is 22.3. The van der Waals surface area contributed by atoms with Crippen molar-refractivity contribution in [1.82, 2.24) is 9.97 Å². The Morgan fingerprint density at radius 2 is 1.74 bits per heavy atom. The molecular weight excluding hydrogens is 490 g/mol. The lowest BCUT2D eigenvalue weighted by Gasteiger charge is -2.08. The molecule has 160 valence electrons. The van der Waals surface area contributed by atoms with E-state index in [1.807, 2.05) is 0 Å². The molecule has 2 N–H and O–H groups in total. The molecule has 0 spiro atoms. The van der Waals surface area contributed by atoms with Crippen molar-refractivity contribution in [3.8, 4) is 5.75 Å². The summed E-state index contributed by atoms with van der Waals surface area (Å²) in [6, 6.07) is 9.98. The van der Waals surface area contributed by atoms with Crippen molar-refractivity contribution in [2.45, 2.75) is 18.7 Å². The third-order valence-corrected chi connectivity index (χ3v) is 5.79. The highest BCUT2D eigenvalue weighted by molar-refractivity contribution is 9.10. The molecule has 0 aliphatic rings. The highest BCUT2D eigenvalue weighted by Crippen LogP contribution is 2.32. The summed E-state index contributed by atoms with van der Waals surface area (Å²) in [5.74, 6) is -0.542. The van der Waals surface area contributed by atoms with Crippen LogP contribution in [0, 0.1) is 24.0 Å². The summed E-state index contributed by atoms with van der Waals surface area (Å²) in [5.41, 5.74) is 1.31. The molecule has 10 nitrogen and oxygen atoms in total. The van der Waals surface area contributed by atoms with Crippen molar-refractivity contribution in [3.05, 3.63) is 74.0 Å². The van der Waals surface area contributed by atoms with Crippen LogP contribution in [0.3, 0.4) is 0 Å². The van der Waals surface area contributed by atoms with Gasteiger partial charge in [-0.05, 0) is 50.2 Å². The molecule has 0 atom stereocenters. The van der Waals surface area contributed by atoms with E-state index in [2.05, 4.69) is 35.6 Å². The van der Waals surface area contributed by atoms with Gasteiger partial charge >= 0.3 is 5.69 Å². The molecule has 3 rings (SSSR count). The minimum absolute atomic E-state index is 0.0184. The number of hydrogen-bond donors (Lipinski definition) is 2. The van der Waals surface area contributed by atoms with E-state index in [9.17, 15) is 23.6 Å². The van der Waals surface area contributed by atoms with Crippen molar-refractivity contribution in [3.63, 3.8) is 0 Å². The number of nitro groups is 1. The summed E-state index contributed by atoms with van der Waals surface area (Å²) in [5, 5.41) is 21.0. The summed E-state index contributed by atoms with van der Waals surface area (Å²) in [6.07, 6.45) is 1.25. The van der Waals surface area contributed by atoms with Crippen LogP contribution in [0.15, 0.2) is 56.8 Å². The minimum atomic E-state index is -3.91. The quantitative estimate of drug-likeness (QED) is 0.291. The SMILES string of the molecule is Cc1cc(C)nc(NS(=O)(=O)c2ccc(N=Cc3cc(Br)cc([N+](=O)[O-])c3O)cc2)n1. The minimum Gasteiger partial charge on any atom is -0.502 e. The maximum absolute atomic E-state index is 12.6. The summed E-state index contributed by atoms with van der Waals surface area (Å²) < 4.78 is 27.9. The van der Waals surface area contributed by atoms with E-state index in [0.717, 1.165) is 0 Å². The number of aliphatic imine (C=N–C) groups is 1. The van der Waals surface area contributed by atoms with Gasteiger partial charge in [0, 0.05) is 33.7 Å². The molecule has 1 aromatic heterocycles. The van der Waals surface area contributed by atoms with Crippen molar-refractivity contribution < 1.29 is 18.4 Å². The van der Waals surface area contributed by atoms with Crippen LogP contribution in [-0.4, -0.2) is 34.6 Å². The number of nitro benzene ring substituents is 1. The topological polar surface area (TPSA) is 148 Å². The van der Waals surface area contributed by atoms with Crippen LogP contribution >= 0.6 is 15.9 Å². The number of sulfonamides is 1. The highest BCUT2D eigenvalue weighted by Gasteiger charge is 2.18. The summed E-state index contributed by atoms with van der Waals surface area (Å²) in [7, 11) is -3.91. The average Bonchev–Trinajstić information content (AvgIpc) is 2.67. The second kappa shape index (κ2) is 8.78. The van der Waals surface area contributed by atoms with Gasteiger partial charge < -0.3 is 5.11 Å². The Morgan fingerprint density at radius 1 is 1.13 bits per heavy atom. The molecule has 0 saturated heterocycles. The van der Waals surface area contributed by atoms with E-state index in [0.29, 0.717) is 21.5 Å². The second-order valence-electron chi connectivity index (χ2n) is 6.45. The zero-order valence-corrected chi connectivity index (χ0v) is 18.7. The normalized spacial score (nSPS) is 11.6. The molecule has 0 unspecified atom stereocenters. The Kier molecular flexibility index (Phi) is 6.32. The number of nitrogens with zero attached hydrogens (tertiary/aromatic N) is 4. The smallest absolute Gasteiger partial charge is 0.312 e. The van der Waals surface area contributed by atoms with Crippen molar-refractivity contribution in [1.29, 1.82) is 0 Å². The second-order valence-corrected chi connectivity index (χ2v) is 9.05. The number of benzene rings is 2. The zero-order valence-electron chi connectivity index (χ0n) is 16.3. The van der Waals surface area contributed by atoms with E-state index in [-0.39, 0.29) is 16.4 Å². The van der Waals surface area contributed by atoms with Crippen molar-refractivity contribution in [2.24, 2.45) is 4.99 Å². The number of aryl methyl sites for hydroxylation is 2. The fraction of sp³-hybridized carbons (Fsp3) is 0.105. The molecule has 0 radical (unpaired) electrons. The van der Waals surface area contributed by atoms with Crippen LogP contribution in [0.1, 0.15) is 17.0 Å². The Balaban J connectivity index is 1.82. The maximum atomic E-state index is 12.6.